The van der Waals surface area contributed by atoms with Gasteiger partial charge < -0.3 is 9.84 Å². The summed E-state index contributed by atoms with van der Waals surface area (Å²) in [5, 5.41) is 8.97. The van der Waals surface area contributed by atoms with E-state index in [4.69, 9.17) is 9.84 Å². The molecular formula is C11H21NO3S. The van der Waals surface area contributed by atoms with Crippen LogP contribution in [0.15, 0.2) is 0 Å². The van der Waals surface area contributed by atoms with Crippen molar-refractivity contribution in [3.63, 3.8) is 0 Å². The molecule has 0 spiro atoms. The average molecular weight is 247 g/mol. The summed E-state index contributed by atoms with van der Waals surface area (Å²) in [7, 11) is 0. The Morgan fingerprint density at radius 3 is 2.62 bits per heavy atom. The molecule has 0 saturated carbocycles. The molecule has 4 nitrogen and oxygen atoms in total. The predicted molar refractivity (Wildman–Crippen MR) is 66.1 cm³/mol. The van der Waals surface area contributed by atoms with E-state index in [1.807, 2.05) is 0 Å². The number of nitrogens with zero attached hydrogens (tertiary/aromatic N) is 1. The van der Waals surface area contributed by atoms with Crippen LogP contribution in [-0.4, -0.2) is 54.6 Å². The Bertz CT molecular complexity index is 207. The van der Waals surface area contributed by atoms with Crippen LogP contribution in [0.4, 0.5) is 0 Å². The van der Waals surface area contributed by atoms with Gasteiger partial charge in [-0.2, -0.15) is 12.6 Å². The Morgan fingerprint density at radius 1 is 1.38 bits per heavy atom. The summed E-state index contributed by atoms with van der Waals surface area (Å²) in [5.41, 5.74) is 0. The number of thiol groups is 1. The molecule has 0 aliphatic carbocycles. The van der Waals surface area contributed by atoms with E-state index < -0.39 is 5.97 Å². The number of aliphatic carboxylic acids is 1. The third kappa shape index (κ3) is 5.18. The Balaban J connectivity index is 2.13. The monoisotopic (exact) mass is 247 g/mol. The van der Waals surface area contributed by atoms with Gasteiger partial charge in [-0.3, -0.25) is 9.69 Å². The zero-order valence-electron chi connectivity index (χ0n) is 9.60. The maximum atomic E-state index is 10.9. The fourth-order valence-electron chi connectivity index (χ4n) is 1.93. The molecule has 0 radical (unpaired) electrons. The SMILES string of the molecule is O=C(O)C(CCS)CCCN1CCOCC1. The third-order valence-corrected chi connectivity index (χ3v) is 3.22. The molecule has 1 aliphatic heterocycles. The zero-order valence-corrected chi connectivity index (χ0v) is 10.5. The maximum Gasteiger partial charge on any atom is 0.306 e. The molecule has 1 saturated heterocycles. The summed E-state index contributed by atoms with van der Waals surface area (Å²) in [4.78, 5) is 13.2. The molecule has 1 fully saturated rings. The van der Waals surface area contributed by atoms with Gasteiger partial charge in [0.1, 0.15) is 0 Å². The molecule has 1 N–H and O–H groups in total. The Labute approximate surface area is 102 Å². The van der Waals surface area contributed by atoms with E-state index in [1.165, 1.54) is 0 Å². The highest BCUT2D eigenvalue weighted by atomic mass is 32.1. The van der Waals surface area contributed by atoms with Crippen molar-refractivity contribution in [2.24, 2.45) is 5.92 Å². The maximum absolute atomic E-state index is 10.9. The van der Waals surface area contributed by atoms with Crippen LogP contribution in [0.2, 0.25) is 0 Å². The van der Waals surface area contributed by atoms with Crippen molar-refractivity contribution in [2.75, 3.05) is 38.6 Å². The second kappa shape index (κ2) is 7.92. The Kier molecular flexibility index (Phi) is 6.84. The van der Waals surface area contributed by atoms with Crippen LogP contribution in [0.25, 0.3) is 0 Å². The number of carbonyl (C=O) groups is 1. The third-order valence-electron chi connectivity index (χ3n) is 2.96. The summed E-state index contributed by atoms with van der Waals surface area (Å²) in [6.07, 6.45) is 2.37. The van der Waals surface area contributed by atoms with Crippen LogP contribution in [0.3, 0.4) is 0 Å². The van der Waals surface area contributed by atoms with Crippen molar-refractivity contribution in [3.05, 3.63) is 0 Å². The predicted octanol–water partition coefficient (Wildman–Crippen LogP) is 1.12. The molecule has 1 aliphatic rings. The standard InChI is InChI=1S/C11H21NO3S/c13-11(14)10(3-9-16)2-1-4-12-5-7-15-8-6-12/h10,16H,1-9H2,(H,13,14). The van der Waals surface area contributed by atoms with Crippen molar-refractivity contribution in [1.82, 2.24) is 4.90 Å². The fourth-order valence-corrected chi connectivity index (χ4v) is 2.24. The van der Waals surface area contributed by atoms with Crippen LogP contribution < -0.4 is 0 Å². The van der Waals surface area contributed by atoms with E-state index in [2.05, 4.69) is 17.5 Å². The van der Waals surface area contributed by atoms with Crippen LogP contribution in [0, 0.1) is 5.92 Å². The summed E-state index contributed by atoms with van der Waals surface area (Å²) in [6.45, 7) is 4.55. The lowest BCUT2D eigenvalue weighted by molar-refractivity contribution is -0.142. The molecule has 0 aromatic rings. The molecule has 16 heavy (non-hydrogen) atoms. The first-order valence-electron chi connectivity index (χ1n) is 5.88. The molecule has 5 heteroatoms. The van der Waals surface area contributed by atoms with Crippen LogP contribution in [0.1, 0.15) is 19.3 Å². The Hall–Kier alpha value is -0.260. The quantitative estimate of drug-likeness (QED) is 0.662. The molecule has 1 rings (SSSR count). The van der Waals surface area contributed by atoms with E-state index in [0.29, 0.717) is 12.2 Å². The molecule has 94 valence electrons. The normalized spacial score (nSPS) is 19.6. The minimum absolute atomic E-state index is 0.224. The zero-order chi connectivity index (χ0) is 11.8. The minimum atomic E-state index is -0.684. The highest BCUT2D eigenvalue weighted by Gasteiger charge is 2.17. The fraction of sp³-hybridized carbons (Fsp3) is 0.909. The van der Waals surface area contributed by atoms with Gasteiger partial charge in [0.05, 0.1) is 19.1 Å². The van der Waals surface area contributed by atoms with Gasteiger partial charge >= 0.3 is 5.97 Å². The lowest BCUT2D eigenvalue weighted by Gasteiger charge is -2.26. The first-order valence-corrected chi connectivity index (χ1v) is 6.51. The van der Waals surface area contributed by atoms with Crippen LogP contribution in [-0.2, 0) is 9.53 Å². The summed E-state index contributed by atoms with van der Waals surface area (Å²) >= 11 is 4.09. The van der Waals surface area contributed by atoms with Crippen LogP contribution in [0.5, 0.6) is 0 Å². The first-order chi connectivity index (χ1) is 7.74. The second-order valence-electron chi connectivity index (χ2n) is 4.14. The molecule has 0 aromatic carbocycles. The Morgan fingerprint density at radius 2 is 2.06 bits per heavy atom. The number of hydrogen-bond donors (Lipinski definition) is 2. The number of hydrogen-bond acceptors (Lipinski definition) is 4. The van der Waals surface area contributed by atoms with Crippen molar-refractivity contribution < 1.29 is 14.6 Å². The van der Waals surface area contributed by atoms with Gasteiger partial charge in [0, 0.05) is 13.1 Å². The van der Waals surface area contributed by atoms with E-state index in [9.17, 15) is 4.79 Å². The lowest BCUT2D eigenvalue weighted by atomic mass is 10.0. The smallest absolute Gasteiger partial charge is 0.306 e. The average Bonchev–Trinajstić information content (AvgIpc) is 2.29. The number of carboxylic acid groups (broad SMARTS) is 1. The van der Waals surface area contributed by atoms with Crippen LogP contribution >= 0.6 is 12.6 Å². The van der Waals surface area contributed by atoms with Crippen molar-refractivity contribution in [1.29, 1.82) is 0 Å². The van der Waals surface area contributed by atoms with Crippen molar-refractivity contribution in [2.45, 2.75) is 19.3 Å². The van der Waals surface area contributed by atoms with E-state index in [1.54, 1.807) is 0 Å². The topological polar surface area (TPSA) is 49.8 Å². The van der Waals surface area contributed by atoms with Gasteiger partial charge in [-0.15, -0.1) is 0 Å². The van der Waals surface area contributed by atoms with E-state index >= 15 is 0 Å². The van der Waals surface area contributed by atoms with Gasteiger partial charge in [0.15, 0.2) is 0 Å². The molecule has 0 aromatic heterocycles. The molecule has 0 bridgehead atoms. The number of ether oxygens (including phenoxy) is 1. The highest BCUT2D eigenvalue weighted by Crippen LogP contribution is 2.13. The van der Waals surface area contributed by atoms with E-state index in [-0.39, 0.29) is 5.92 Å². The number of carboxylic acids is 1. The van der Waals surface area contributed by atoms with Gasteiger partial charge in [0.2, 0.25) is 0 Å². The first kappa shape index (κ1) is 13.8. The minimum Gasteiger partial charge on any atom is -0.481 e. The molecule has 0 amide bonds. The van der Waals surface area contributed by atoms with E-state index in [0.717, 1.165) is 45.7 Å². The molecular weight excluding hydrogens is 226 g/mol. The number of morpholine rings is 1. The highest BCUT2D eigenvalue weighted by molar-refractivity contribution is 7.80. The van der Waals surface area contributed by atoms with Crippen molar-refractivity contribution >= 4 is 18.6 Å². The van der Waals surface area contributed by atoms with Gasteiger partial charge in [0.25, 0.3) is 0 Å². The number of rotatable bonds is 7. The summed E-state index contributed by atoms with van der Waals surface area (Å²) in [5.74, 6) is -0.260. The largest absolute Gasteiger partial charge is 0.481 e. The summed E-state index contributed by atoms with van der Waals surface area (Å²) < 4.78 is 5.26. The van der Waals surface area contributed by atoms with Crippen molar-refractivity contribution in [3.8, 4) is 0 Å². The van der Waals surface area contributed by atoms with Gasteiger partial charge in [-0.25, -0.2) is 0 Å². The summed E-state index contributed by atoms with van der Waals surface area (Å²) in [6, 6.07) is 0. The second-order valence-corrected chi connectivity index (χ2v) is 4.59. The van der Waals surface area contributed by atoms with Gasteiger partial charge in [-0.05, 0) is 31.6 Å². The molecule has 1 unspecified atom stereocenters. The molecule has 1 atom stereocenters. The molecule has 1 heterocycles. The lowest BCUT2D eigenvalue weighted by Crippen LogP contribution is -2.37. The van der Waals surface area contributed by atoms with Gasteiger partial charge in [-0.1, -0.05) is 0 Å².